The van der Waals surface area contributed by atoms with Gasteiger partial charge in [0.1, 0.15) is 11.5 Å². The molecule has 0 aliphatic rings. The Balaban J connectivity index is 2.52. The monoisotopic (exact) mass is 168 g/mol. The van der Waals surface area contributed by atoms with Crippen LogP contribution in [0, 0.1) is 0 Å². The van der Waals surface area contributed by atoms with Gasteiger partial charge in [-0.2, -0.15) is 0 Å². The van der Waals surface area contributed by atoms with Crippen molar-refractivity contribution in [3.05, 3.63) is 23.7 Å². The SMILES string of the molecule is CNCc1ccc(CN(C)C)o1. The van der Waals surface area contributed by atoms with Crippen molar-refractivity contribution in [3.8, 4) is 0 Å². The van der Waals surface area contributed by atoms with E-state index in [4.69, 9.17) is 4.42 Å². The van der Waals surface area contributed by atoms with Gasteiger partial charge in [-0.1, -0.05) is 0 Å². The summed E-state index contributed by atoms with van der Waals surface area (Å²) in [4.78, 5) is 2.09. The Hall–Kier alpha value is -0.800. The van der Waals surface area contributed by atoms with Gasteiger partial charge >= 0.3 is 0 Å². The first kappa shape index (κ1) is 9.29. The topological polar surface area (TPSA) is 28.4 Å². The fourth-order valence-electron chi connectivity index (χ4n) is 1.09. The predicted molar refractivity (Wildman–Crippen MR) is 48.9 cm³/mol. The molecule has 1 heterocycles. The largest absolute Gasteiger partial charge is 0.463 e. The van der Waals surface area contributed by atoms with Crippen LogP contribution in [-0.2, 0) is 13.1 Å². The fraction of sp³-hybridized carbons (Fsp3) is 0.556. The van der Waals surface area contributed by atoms with Crippen molar-refractivity contribution < 1.29 is 4.42 Å². The molecule has 0 aliphatic heterocycles. The Bertz CT molecular complexity index is 230. The first-order valence-electron chi connectivity index (χ1n) is 4.09. The summed E-state index contributed by atoms with van der Waals surface area (Å²) in [7, 11) is 5.97. The van der Waals surface area contributed by atoms with E-state index in [0.717, 1.165) is 24.6 Å². The third-order valence-corrected chi connectivity index (χ3v) is 1.54. The van der Waals surface area contributed by atoms with Crippen molar-refractivity contribution in [1.29, 1.82) is 0 Å². The quantitative estimate of drug-likeness (QED) is 0.728. The second kappa shape index (κ2) is 4.28. The Morgan fingerprint density at radius 2 is 2.00 bits per heavy atom. The van der Waals surface area contributed by atoms with E-state index >= 15 is 0 Å². The molecule has 12 heavy (non-hydrogen) atoms. The van der Waals surface area contributed by atoms with E-state index in [1.165, 1.54) is 0 Å². The summed E-state index contributed by atoms with van der Waals surface area (Å²) in [6.45, 7) is 1.66. The molecule has 0 bridgehead atoms. The van der Waals surface area contributed by atoms with Gasteiger partial charge in [0.2, 0.25) is 0 Å². The normalized spacial score (nSPS) is 11.0. The summed E-state index contributed by atoms with van der Waals surface area (Å²) < 4.78 is 5.53. The molecule has 0 unspecified atom stereocenters. The lowest BCUT2D eigenvalue weighted by molar-refractivity contribution is 0.340. The second-order valence-electron chi connectivity index (χ2n) is 3.14. The van der Waals surface area contributed by atoms with Crippen LogP contribution in [0.2, 0.25) is 0 Å². The summed E-state index contributed by atoms with van der Waals surface area (Å²) in [6, 6.07) is 4.03. The molecular formula is C9H16N2O. The van der Waals surface area contributed by atoms with E-state index in [1.807, 2.05) is 33.3 Å². The highest BCUT2D eigenvalue weighted by Crippen LogP contribution is 2.08. The molecule has 0 saturated carbocycles. The molecule has 0 spiro atoms. The van der Waals surface area contributed by atoms with Crippen molar-refractivity contribution in [2.24, 2.45) is 0 Å². The highest BCUT2D eigenvalue weighted by atomic mass is 16.3. The molecule has 0 aliphatic carbocycles. The summed E-state index contributed by atoms with van der Waals surface area (Å²) >= 11 is 0. The van der Waals surface area contributed by atoms with Crippen molar-refractivity contribution in [2.75, 3.05) is 21.1 Å². The minimum atomic E-state index is 0.799. The lowest BCUT2D eigenvalue weighted by atomic mass is 10.4. The Labute approximate surface area is 73.4 Å². The molecule has 1 N–H and O–H groups in total. The van der Waals surface area contributed by atoms with Gasteiger partial charge in [-0.25, -0.2) is 0 Å². The first-order chi connectivity index (χ1) is 5.72. The van der Waals surface area contributed by atoms with Crippen LogP contribution in [0.15, 0.2) is 16.5 Å². The zero-order valence-electron chi connectivity index (χ0n) is 7.92. The standard InChI is InChI=1S/C9H16N2O/c1-10-6-8-4-5-9(12-8)7-11(2)3/h4-5,10H,6-7H2,1-3H3. The van der Waals surface area contributed by atoms with Crippen LogP contribution in [0.5, 0.6) is 0 Å². The summed E-state index contributed by atoms with van der Waals surface area (Å²) in [5.74, 6) is 2.01. The molecule has 0 aromatic carbocycles. The first-order valence-corrected chi connectivity index (χ1v) is 4.09. The van der Waals surface area contributed by atoms with Crippen LogP contribution in [0.1, 0.15) is 11.5 Å². The molecule has 1 aromatic heterocycles. The predicted octanol–water partition coefficient (Wildman–Crippen LogP) is 1.06. The average Bonchev–Trinajstić information content (AvgIpc) is 2.36. The van der Waals surface area contributed by atoms with Crippen LogP contribution in [0.4, 0.5) is 0 Å². The van der Waals surface area contributed by atoms with E-state index in [-0.39, 0.29) is 0 Å². The molecule has 0 atom stereocenters. The zero-order chi connectivity index (χ0) is 8.97. The molecule has 1 rings (SSSR count). The molecule has 3 heteroatoms. The third-order valence-electron chi connectivity index (χ3n) is 1.54. The molecule has 0 fully saturated rings. The van der Waals surface area contributed by atoms with Gasteiger partial charge in [0.15, 0.2) is 0 Å². The van der Waals surface area contributed by atoms with Crippen LogP contribution >= 0.6 is 0 Å². The summed E-state index contributed by atoms with van der Waals surface area (Å²) in [5.41, 5.74) is 0. The molecule has 68 valence electrons. The number of rotatable bonds is 4. The minimum absolute atomic E-state index is 0.799. The van der Waals surface area contributed by atoms with Gasteiger partial charge in [0.05, 0.1) is 13.1 Å². The average molecular weight is 168 g/mol. The summed E-state index contributed by atoms with van der Waals surface area (Å²) in [6.07, 6.45) is 0. The van der Waals surface area contributed by atoms with Gasteiger partial charge in [-0.05, 0) is 33.3 Å². The number of hydrogen-bond donors (Lipinski definition) is 1. The molecular weight excluding hydrogens is 152 g/mol. The molecule has 0 radical (unpaired) electrons. The van der Waals surface area contributed by atoms with Crippen LogP contribution < -0.4 is 5.32 Å². The van der Waals surface area contributed by atoms with Crippen molar-refractivity contribution in [1.82, 2.24) is 10.2 Å². The highest BCUT2D eigenvalue weighted by molar-refractivity contribution is 5.06. The highest BCUT2D eigenvalue weighted by Gasteiger charge is 2.01. The number of nitrogens with one attached hydrogen (secondary N) is 1. The van der Waals surface area contributed by atoms with Crippen molar-refractivity contribution in [3.63, 3.8) is 0 Å². The van der Waals surface area contributed by atoms with Gasteiger partial charge in [0, 0.05) is 0 Å². The number of hydrogen-bond acceptors (Lipinski definition) is 3. The van der Waals surface area contributed by atoms with Crippen molar-refractivity contribution >= 4 is 0 Å². The van der Waals surface area contributed by atoms with Crippen LogP contribution in [-0.4, -0.2) is 26.0 Å². The zero-order valence-corrected chi connectivity index (χ0v) is 7.92. The van der Waals surface area contributed by atoms with Gasteiger partial charge in [-0.15, -0.1) is 0 Å². The Kier molecular flexibility index (Phi) is 3.31. The van der Waals surface area contributed by atoms with E-state index in [1.54, 1.807) is 0 Å². The lowest BCUT2D eigenvalue weighted by Crippen LogP contribution is -2.09. The molecule has 0 amide bonds. The maximum atomic E-state index is 5.53. The van der Waals surface area contributed by atoms with Gasteiger partial charge in [-0.3, -0.25) is 0 Å². The Morgan fingerprint density at radius 3 is 2.58 bits per heavy atom. The fourth-order valence-corrected chi connectivity index (χ4v) is 1.09. The van der Waals surface area contributed by atoms with E-state index in [2.05, 4.69) is 10.2 Å². The Morgan fingerprint density at radius 1 is 1.33 bits per heavy atom. The maximum Gasteiger partial charge on any atom is 0.118 e. The number of furan rings is 1. The number of nitrogens with zero attached hydrogens (tertiary/aromatic N) is 1. The van der Waals surface area contributed by atoms with Crippen molar-refractivity contribution in [2.45, 2.75) is 13.1 Å². The second-order valence-corrected chi connectivity index (χ2v) is 3.14. The van der Waals surface area contributed by atoms with Crippen LogP contribution in [0.25, 0.3) is 0 Å². The van der Waals surface area contributed by atoms with E-state index in [0.29, 0.717) is 0 Å². The lowest BCUT2D eigenvalue weighted by Gasteiger charge is -2.05. The third kappa shape index (κ3) is 2.68. The summed E-state index contributed by atoms with van der Waals surface area (Å²) in [5, 5.41) is 3.04. The maximum absolute atomic E-state index is 5.53. The minimum Gasteiger partial charge on any atom is -0.463 e. The molecule has 1 aromatic rings. The molecule has 3 nitrogen and oxygen atoms in total. The van der Waals surface area contributed by atoms with E-state index in [9.17, 15) is 0 Å². The smallest absolute Gasteiger partial charge is 0.118 e. The van der Waals surface area contributed by atoms with E-state index < -0.39 is 0 Å². The molecule has 0 saturated heterocycles. The van der Waals surface area contributed by atoms with Gasteiger partial charge < -0.3 is 14.6 Å². The van der Waals surface area contributed by atoms with Crippen LogP contribution in [0.3, 0.4) is 0 Å². The van der Waals surface area contributed by atoms with Gasteiger partial charge in [0.25, 0.3) is 0 Å².